The highest BCUT2D eigenvalue weighted by Crippen LogP contribution is 2.29. The molecular formula is C23H26N7P. The molecule has 1 atom stereocenters. The average molecular weight is 431 g/mol. The molecule has 4 aromatic rings. The Balaban J connectivity index is 1.50. The number of piperazine rings is 1. The number of nitrogens with one attached hydrogen (secondary N) is 3. The summed E-state index contributed by atoms with van der Waals surface area (Å²) in [7, 11) is 2.80. The van der Waals surface area contributed by atoms with Crippen molar-refractivity contribution in [2.45, 2.75) is 13.5 Å². The first-order valence-corrected chi connectivity index (χ1v) is 11.1. The summed E-state index contributed by atoms with van der Waals surface area (Å²) in [6.07, 6.45) is 1.86. The highest BCUT2D eigenvalue weighted by Gasteiger charge is 2.18. The van der Waals surface area contributed by atoms with Crippen molar-refractivity contribution in [1.82, 2.24) is 25.5 Å². The lowest BCUT2D eigenvalue weighted by Gasteiger charge is -2.30. The number of nitrogens with zero attached hydrogens (tertiary/aromatic N) is 4. The average Bonchev–Trinajstić information content (AvgIpc) is 3.19. The van der Waals surface area contributed by atoms with Gasteiger partial charge >= 0.3 is 0 Å². The molecule has 31 heavy (non-hydrogen) atoms. The van der Waals surface area contributed by atoms with Gasteiger partial charge in [0.15, 0.2) is 11.6 Å². The van der Waals surface area contributed by atoms with E-state index >= 15 is 0 Å². The maximum absolute atomic E-state index is 5.06. The van der Waals surface area contributed by atoms with Crippen molar-refractivity contribution >= 4 is 37.1 Å². The van der Waals surface area contributed by atoms with E-state index in [1.165, 1.54) is 10.9 Å². The lowest BCUT2D eigenvalue weighted by molar-refractivity contribution is 0.585. The topological polar surface area (TPSA) is 81.8 Å². The summed E-state index contributed by atoms with van der Waals surface area (Å²) in [5.74, 6) is 1.73. The number of aryl methyl sites for hydroxylation is 1. The summed E-state index contributed by atoms with van der Waals surface area (Å²) >= 11 is 0. The largest absolute Gasteiger partial charge is 0.363 e. The maximum Gasteiger partial charge on any atom is 0.172 e. The molecule has 5 rings (SSSR count). The second kappa shape index (κ2) is 8.61. The quantitative estimate of drug-likeness (QED) is 0.422. The van der Waals surface area contributed by atoms with Crippen LogP contribution in [0.3, 0.4) is 0 Å². The number of hydrogen-bond acceptors (Lipinski definition) is 6. The summed E-state index contributed by atoms with van der Waals surface area (Å²) in [6, 6.07) is 14.6. The van der Waals surface area contributed by atoms with Crippen LogP contribution in [0.15, 0.2) is 48.7 Å². The van der Waals surface area contributed by atoms with Crippen LogP contribution in [0.2, 0.25) is 0 Å². The Morgan fingerprint density at radius 3 is 2.81 bits per heavy atom. The third-order valence-corrected chi connectivity index (χ3v) is 6.28. The summed E-state index contributed by atoms with van der Waals surface area (Å²) in [5, 5.41) is 16.6. The van der Waals surface area contributed by atoms with Gasteiger partial charge in [-0.05, 0) is 29.9 Å². The molecule has 3 heterocycles. The summed E-state index contributed by atoms with van der Waals surface area (Å²) in [5.41, 5.74) is 5.16. The Morgan fingerprint density at radius 2 is 1.97 bits per heavy atom. The SMILES string of the molecule is Cc1[nH]nc2ccc(-c3cnc(NCc4ccccc4P)c(N4CCNCC4)n3)cc12. The van der Waals surface area contributed by atoms with Gasteiger partial charge in [0, 0.05) is 49.4 Å². The van der Waals surface area contributed by atoms with E-state index in [4.69, 9.17) is 9.97 Å². The first kappa shape index (κ1) is 19.9. The van der Waals surface area contributed by atoms with E-state index in [9.17, 15) is 0 Å². The summed E-state index contributed by atoms with van der Waals surface area (Å²) in [6.45, 7) is 6.44. The van der Waals surface area contributed by atoms with Gasteiger partial charge in [-0.1, -0.05) is 30.3 Å². The van der Waals surface area contributed by atoms with Crippen molar-refractivity contribution in [1.29, 1.82) is 0 Å². The number of H-pyrrole nitrogens is 1. The van der Waals surface area contributed by atoms with Gasteiger partial charge in [0.05, 0.1) is 17.4 Å². The first-order chi connectivity index (χ1) is 15.2. The van der Waals surface area contributed by atoms with Gasteiger partial charge in [0.2, 0.25) is 0 Å². The van der Waals surface area contributed by atoms with Crippen LogP contribution in [-0.4, -0.2) is 46.3 Å². The van der Waals surface area contributed by atoms with Gasteiger partial charge in [-0.3, -0.25) is 5.10 Å². The number of hydrogen-bond donors (Lipinski definition) is 3. The number of aromatic amines is 1. The van der Waals surface area contributed by atoms with Gasteiger partial charge in [-0.25, -0.2) is 9.97 Å². The van der Waals surface area contributed by atoms with Crippen molar-refractivity contribution in [3.05, 3.63) is 59.9 Å². The van der Waals surface area contributed by atoms with E-state index < -0.39 is 0 Å². The lowest BCUT2D eigenvalue weighted by atomic mass is 10.1. The van der Waals surface area contributed by atoms with E-state index in [0.717, 1.165) is 65.7 Å². The van der Waals surface area contributed by atoms with Gasteiger partial charge in [-0.15, -0.1) is 9.24 Å². The fourth-order valence-corrected chi connectivity index (χ4v) is 4.22. The predicted octanol–water partition coefficient (Wildman–Crippen LogP) is 2.85. The van der Waals surface area contributed by atoms with Crippen molar-refractivity contribution in [3.8, 4) is 11.3 Å². The molecule has 2 aromatic carbocycles. The fourth-order valence-electron chi connectivity index (χ4n) is 3.91. The molecule has 2 aromatic heterocycles. The Labute approximate surface area is 183 Å². The number of benzene rings is 2. The molecule has 7 nitrogen and oxygen atoms in total. The molecular weight excluding hydrogens is 405 g/mol. The van der Waals surface area contributed by atoms with Crippen LogP contribution in [0.25, 0.3) is 22.2 Å². The molecule has 3 N–H and O–H groups in total. The first-order valence-electron chi connectivity index (χ1n) is 10.5. The van der Waals surface area contributed by atoms with Crippen molar-refractivity contribution < 1.29 is 0 Å². The maximum atomic E-state index is 5.06. The molecule has 0 bridgehead atoms. The Kier molecular flexibility index (Phi) is 5.53. The molecule has 0 spiro atoms. The third-order valence-electron chi connectivity index (χ3n) is 5.71. The minimum absolute atomic E-state index is 0.701. The van der Waals surface area contributed by atoms with E-state index in [-0.39, 0.29) is 0 Å². The van der Waals surface area contributed by atoms with Crippen LogP contribution < -0.4 is 20.8 Å². The molecule has 158 valence electrons. The summed E-state index contributed by atoms with van der Waals surface area (Å²) < 4.78 is 0. The minimum atomic E-state index is 0.701. The minimum Gasteiger partial charge on any atom is -0.363 e. The van der Waals surface area contributed by atoms with Gasteiger partial charge in [0.25, 0.3) is 0 Å². The second-order valence-electron chi connectivity index (χ2n) is 7.80. The summed E-state index contributed by atoms with van der Waals surface area (Å²) in [4.78, 5) is 12.2. The Morgan fingerprint density at radius 1 is 1.13 bits per heavy atom. The molecule has 1 aliphatic rings. The van der Waals surface area contributed by atoms with E-state index in [1.54, 1.807) is 0 Å². The van der Waals surface area contributed by atoms with Crippen molar-refractivity contribution in [2.24, 2.45) is 0 Å². The van der Waals surface area contributed by atoms with Crippen LogP contribution in [-0.2, 0) is 6.54 Å². The van der Waals surface area contributed by atoms with Gasteiger partial charge in [0.1, 0.15) is 0 Å². The van der Waals surface area contributed by atoms with Crippen LogP contribution in [0.1, 0.15) is 11.3 Å². The zero-order valence-electron chi connectivity index (χ0n) is 17.5. The lowest BCUT2D eigenvalue weighted by Crippen LogP contribution is -2.44. The standard InChI is InChI=1S/C23H26N7P/c1-15-18-12-16(6-7-19(18)29-28-15)20-14-26-22(23(27-20)30-10-8-24-9-11-30)25-13-17-4-2-3-5-21(17)31/h2-7,12,14,24H,8-11,13,31H2,1H3,(H,25,26)(H,28,29). The molecule has 0 aliphatic carbocycles. The molecule has 1 aliphatic heterocycles. The smallest absolute Gasteiger partial charge is 0.172 e. The van der Waals surface area contributed by atoms with Gasteiger partial charge < -0.3 is 15.5 Å². The van der Waals surface area contributed by atoms with Crippen LogP contribution >= 0.6 is 9.24 Å². The molecule has 0 radical (unpaired) electrons. The molecule has 1 unspecified atom stereocenters. The zero-order chi connectivity index (χ0) is 21.2. The Bertz CT molecular complexity index is 1210. The van der Waals surface area contributed by atoms with E-state index in [1.807, 2.05) is 25.3 Å². The fraction of sp³-hybridized carbons (Fsp3) is 0.261. The van der Waals surface area contributed by atoms with Crippen LogP contribution in [0, 0.1) is 6.92 Å². The van der Waals surface area contributed by atoms with Crippen molar-refractivity contribution in [3.63, 3.8) is 0 Å². The zero-order valence-corrected chi connectivity index (χ0v) is 18.7. The van der Waals surface area contributed by atoms with Crippen LogP contribution in [0.4, 0.5) is 11.6 Å². The number of aromatic nitrogens is 4. The highest BCUT2D eigenvalue weighted by atomic mass is 31.0. The van der Waals surface area contributed by atoms with Crippen molar-refractivity contribution in [2.75, 3.05) is 36.4 Å². The number of rotatable bonds is 5. The van der Waals surface area contributed by atoms with E-state index in [2.05, 4.69) is 65.3 Å². The highest BCUT2D eigenvalue weighted by molar-refractivity contribution is 7.27. The second-order valence-corrected chi connectivity index (χ2v) is 8.42. The molecule has 0 amide bonds. The monoisotopic (exact) mass is 431 g/mol. The van der Waals surface area contributed by atoms with E-state index in [0.29, 0.717) is 6.54 Å². The molecule has 8 heteroatoms. The van der Waals surface area contributed by atoms with Crippen LogP contribution in [0.5, 0.6) is 0 Å². The Hall–Kier alpha value is -3.02. The third kappa shape index (κ3) is 4.11. The molecule has 1 fully saturated rings. The normalized spacial score (nSPS) is 14.2. The molecule has 0 saturated carbocycles. The number of fused-ring (bicyclic) bond motifs is 1. The van der Waals surface area contributed by atoms with Gasteiger partial charge in [-0.2, -0.15) is 5.10 Å². The predicted molar refractivity (Wildman–Crippen MR) is 130 cm³/mol. The molecule has 1 saturated heterocycles. The number of anilines is 2.